The number of nitrogens with zero attached hydrogens (tertiary/aromatic N) is 2. The Hall–Kier alpha value is -3.82. The van der Waals surface area contributed by atoms with E-state index in [4.69, 9.17) is 18.9 Å². The van der Waals surface area contributed by atoms with E-state index in [0.717, 1.165) is 19.6 Å². The lowest BCUT2D eigenvalue weighted by Crippen LogP contribution is -2.38. The zero-order valence-electron chi connectivity index (χ0n) is 21.9. The Morgan fingerprint density at radius 1 is 1.05 bits per heavy atom. The standard InChI is InChI=1S/C29H34N2O7/c1-4-16-38-22-9-6-20(7-10-22)27(32)25-26(21-8-11-23(35-2)24(19-21)36-3)31(29(34)28(25)33)13-5-12-30-14-17-37-18-15-30/h4,6-11,19,26,32H,1,5,12-18H2,2-3H3/b27-25+/t26-/m1/s1. The number of Topliss-reactive ketones (excluding diaryl/α,β-unsaturated/α-hetero) is 1. The lowest BCUT2D eigenvalue weighted by Gasteiger charge is -2.29. The van der Waals surface area contributed by atoms with Crippen LogP contribution in [0.3, 0.4) is 0 Å². The topological polar surface area (TPSA) is 97.8 Å². The third-order valence-corrected chi connectivity index (χ3v) is 6.74. The van der Waals surface area contributed by atoms with Crippen molar-refractivity contribution in [3.8, 4) is 17.2 Å². The van der Waals surface area contributed by atoms with Gasteiger partial charge in [0.2, 0.25) is 0 Å². The van der Waals surface area contributed by atoms with Crippen molar-refractivity contribution in [1.29, 1.82) is 0 Å². The molecule has 0 aliphatic carbocycles. The number of amides is 1. The number of methoxy groups -OCH3 is 2. The SMILES string of the molecule is C=CCOc1ccc(/C(O)=C2\C(=O)C(=O)N(CCCN3CCOCC3)[C@@H]2c2ccc(OC)c(OC)c2)cc1. The van der Waals surface area contributed by atoms with Crippen molar-refractivity contribution in [2.24, 2.45) is 0 Å². The molecule has 2 aliphatic rings. The fraction of sp³-hybridized carbons (Fsp3) is 0.379. The van der Waals surface area contributed by atoms with E-state index in [2.05, 4.69) is 11.5 Å². The summed E-state index contributed by atoms with van der Waals surface area (Å²) in [5.74, 6) is -0.0151. The molecule has 2 fully saturated rings. The summed E-state index contributed by atoms with van der Waals surface area (Å²) >= 11 is 0. The fourth-order valence-corrected chi connectivity index (χ4v) is 4.79. The van der Waals surface area contributed by atoms with Gasteiger partial charge in [0.25, 0.3) is 11.7 Å². The molecule has 0 spiro atoms. The van der Waals surface area contributed by atoms with E-state index < -0.39 is 17.7 Å². The number of morpholine rings is 1. The van der Waals surface area contributed by atoms with E-state index in [-0.39, 0.29) is 11.3 Å². The lowest BCUT2D eigenvalue weighted by molar-refractivity contribution is -0.140. The minimum atomic E-state index is -0.781. The third-order valence-electron chi connectivity index (χ3n) is 6.74. The molecule has 9 nitrogen and oxygen atoms in total. The van der Waals surface area contributed by atoms with Crippen LogP contribution in [-0.2, 0) is 14.3 Å². The van der Waals surface area contributed by atoms with Gasteiger partial charge in [0.15, 0.2) is 11.5 Å². The molecule has 202 valence electrons. The highest BCUT2D eigenvalue weighted by Gasteiger charge is 2.46. The van der Waals surface area contributed by atoms with Gasteiger partial charge in [-0.1, -0.05) is 18.7 Å². The summed E-state index contributed by atoms with van der Waals surface area (Å²) in [6.45, 7) is 8.16. The van der Waals surface area contributed by atoms with Crippen molar-refractivity contribution < 1.29 is 33.6 Å². The summed E-state index contributed by atoms with van der Waals surface area (Å²) < 4.78 is 21.8. The van der Waals surface area contributed by atoms with Crippen molar-refractivity contribution in [3.63, 3.8) is 0 Å². The zero-order chi connectivity index (χ0) is 27.1. The number of hydrogen-bond donors (Lipinski definition) is 1. The van der Waals surface area contributed by atoms with E-state index in [1.807, 2.05) is 0 Å². The van der Waals surface area contributed by atoms with E-state index in [1.165, 1.54) is 19.1 Å². The van der Waals surface area contributed by atoms with Gasteiger partial charge in [-0.05, 0) is 48.4 Å². The van der Waals surface area contributed by atoms with Crippen LogP contribution in [0.5, 0.6) is 17.2 Å². The summed E-state index contributed by atoms with van der Waals surface area (Å²) in [7, 11) is 3.06. The summed E-state index contributed by atoms with van der Waals surface area (Å²) in [5.41, 5.74) is 1.09. The smallest absolute Gasteiger partial charge is 0.295 e. The molecule has 0 aromatic heterocycles. The first kappa shape index (κ1) is 27.2. The average molecular weight is 523 g/mol. The highest BCUT2D eigenvalue weighted by molar-refractivity contribution is 6.46. The van der Waals surface area contributed by atoms with Crippen molar-refractivity contribution in [1.82, 2.24) is 9.80 Å². The van der Waals surface area contributed by atoms with Crippen molar-refractivity contribution in [3.05, 3.63) is 71.8 Å². The largest absolute Gasteiger partial charge is 0.507 e. The van der Waals surface area contributed by atoms with Crippen LogP contribution in [0.2, 0.25) is 0 Å². The number of aliphatic hydroxyl groups excluding tert-OH is 1. The Bertz CT molecular complexity index is 1190. The number of hydrogen-bond acceptors (Lipinski definition) is 8. The van der Waals surface area contributed by atoms with Crippen LogP contribution < -0.4 is 14.2 Å². The molecule has 9 heteroatoms. The molecule has 1 atom stereocenters. The predicted octanol–water partition coefficient (Wildman–Crippen LogP) is 3.41. The van der Waals surface area contributed by atoms with Crippen LogP contribution in [0.15, 0.2) is 60.7 Å². The number of carbonyl (C=O) groups excluding carboxylic acids is 2. The van der Waals surface area contributed by atoms with Crippen LogP contribution in [0.25, 0.3) is 5.76 Å². The average Bonchev–Trinajstić information content (AvgIpc) is 3.21. The maximum atomic E-state index is 13.3. The van der Waals surface area contributed by atoms with Gasteiger partial charge in [0, 0.05) is 31.7 Å². The molecular formula is C29H34N2O7. The summed E-state index contributed by atoms with van der Waals surface area (Å²) in [6, 6.07) is 11.2. The van der Waals surface area contributed by atoms with Crippen molar-refractivity contribution in [2.45, 2.75) is 12.5 Å². The first-order chi connectivity index (χ1) is 18.5. The monoisotopic (exact) mass is 522 g/mol. The lowest BCUT2D eigenvalue weighted by atomic mass is 9.95. The van der Waals surface area contributed by atoms with Crippen LogP contribution >= 0.6 is 0 Å². The zero-order valence-corrected chi connectivity index (χ0v) is 21.9. The Morgan fingerprint density at radius 2 is 1.76 bits per heavy atom. The number of ether oxygens (including phenoxy) is 4. The normalized spacial score (nSPS) is 19.4. The van der Waals surface area contributed by atoms with Gasteiger partial charge in [0.1, 0.15) is 18.1 Å². The molecular weight excluding hydrogens is 488 g/mol. The maximum Gasteiger partial charge on any atom is 0.295 e. The van der Waals surface area contributed by atoms with E-state index in [9.17, 15) is 14.7 Å². The number of ketones is 1. The summed E-state index contributed by atoms with van der Waals surface area (Å²) in [5, 5.41) is 11.3. The summed E-state index contributed by atoms with van der Waals surface area (Å²) in [6.07, 6.45) is 2.31. The molecule has 2 aromatic carbocycles. The Morgan fingerprint density at radius 3 is 2.42 bits per heavy atom. The number of aliphatic hydroxyl groups is 1. The minimum Gasteiger partial charge on any atom is -0.507 e. The van der Waals surface area contributed by atoms with Gasteiger partial charge in [-0.15, -0.1) is 0 Å². The second kappa shape index (κ2) is 12.6. The molecule has 0 bridgehead atoms. The van der Waals surface area contributed by atoms with Gasteiger partial charge in [0.05, 0.1) is 39.0 Å². The number of rotatable bonds is 11. The number of carbonyl (C=O) groups is 2. The van der Waals surface area contributed by atoms with Crippen molar-refractivity contribution in [2.75, 3.05) is 60.2 Å². The minimum absolute atomic E-state index is 0.0355. The maximum absolute atomic E-state index is 13.3. The first-order valence-corrected chi connectivity index (χ1v) is 12.6. The second-order valence-electron chi connectivity index (χ2n) is 9.04. The van der Waals surface area contributed by atoms with Gasteiger partial charge < -0.3 is 29.0 Å². The van der Waals surface area contributed by atoms with Crippen LogP contribution in [0, 0.1) is 0 Å². The molecule has 0 saturated carbocycles. The van der Waals surface area contributed by atoms with Gasteiger partial charge in [-0.2, -0.15) is 0 Å². The fourth-order valence-electron chi connectivity index (χ4n) is 4.79. The van der Waals surface area contributed by atoms with Crippen LogP contribution in [-0.4, -0.2) is 86.8 Å². The van der Waals surface area contributed by atoms with Gasteiger partial charge in [-0.25, -0.2) is 0 Å². The van der Waals surface area contributed by atoms with E-state index >= 15 is 0 Å². The first-order valence-electron chi connectivity index (χ1n) is 12.6. The van der Waals surface area contributed by atoms with Gasteiger partial charge >= 0.3 is 0 Å². The van der Waals surface area contributed by atoms with E-state index in [0.29, 0.717) is 61.2 Å². The Labute approximate surface area is 222 Å². The predicted molar refractivity (Wildman–Crippen MR) is 143 cm³/mol. The second-order valence-corrected chi connectivity index (χ2v) is 9.04. The van der Waals surface area contributed by atoms with Crippen LogP contribution in [0.4, 0.5) is 0 Å². The number of benzene rings is 2. The number of likely N-dealkylation sites (tertiary alicyclic amines) is 1. The Balaban J connectivity index is 1.69. The molecule has 4 rings (SSSR count). The molecule has 1 N–H and O–H groups in total. The molecule has 2 heterocycles. The summed E-state index contributed by atoms with van der Waals surface area (Å²) in [4.78, 5) is 30.4. The molecule has 0 unspecified atom stereocenters. The van der Waals surface area contributed by atoms with Crippen molar-refractivity contribution >= 4 is 17.4 Å². The van der Waals surface area contributed by atoms with E-state index in [1.54, 1.807) is 48.5 Å². The highest BCUT2D eigenvalue weighted by Crippen LogP contribution is 2.42. The molecule has 1 amide bonds. The molecule has 38 heavy (non-hydrogen) atoms. The van der Waals surface area contributed by atoms with Crippen LogP contribution in [0.1, 0.15) is 23.6 Å². The quantitative estimate of drug-likeness (QED) is 0.208. The molecule has 0 radical (unpaired) electrons. The molecule has 2 aromatic rings. The highest BCUT2D eigenvalue weighted by atomic mass is 16.5. The molecule has 2 aliphatic heterocycles. The third kappa shape index (κ3) is 5.84. The Kier molecular flexibility index (Phi) is 9.04. The van der Waals surface area contributed by atoms with Gasteiger partial charge in [-0.3, -0.25) is 14.5 Å². The molecule has 2 saturated heterocycles.